The Morgan fingerprint density at radius 3 is 2.56 bits per heavy atom. The SMILES string of the molecule is C=CCOC(=O)CC[C@H](NC(=O)CCC)C(=O)NCC(=O)NCOC1CC(C(=O)NC2CCc3c(C)c(C)cc4nc5c(c2c34)Cn2c-5cc3c(c2=O)COC(=O)[C@]3(O)CC)C1. The Kier molecular flexibility index (Phi) is 12.9. The van der Waals surface area contributed by atoms with Crippen LogP contribution in [0.25, 0.3) is 22.3 Å². The molecule has 0 spiro atoms. The summed E-state index contributed by atoms with van der Waals surface area (Å²) in [5.74, 6) is -3.29. The summed E-state index contributed by atoms with van der Waals surface area (Å²) in [6, 6.07) is 2.32. The number of hydrogen-bond acceptors (Lipinski definition) is 12. The highest BCUT2D eigenvalue weighted by molar-refractivity contribution is 5.95. The van der Waals surface area contributed by atoms with Crippen molar-refractivity contribution >= 4 is 46.5 Å². The van der Waals surface area contributed by atoms with Crippen molar-refractivity contribution in [1.29, 1.82) is 0 Å². The Labute approximate surface area is 358 Å². The second kappa shape index (κ2) is 18.2. The molecule has 4 heterocycles. The molecule has 5 N–H and O–H groups in total. The van der Waals surface area contributed by atoms with Gasteiger partial charge in [-0.25, -0.2) is 9.78 Å². The molecule has 0 bridgehead atoms. The molecule has 2 aliphatic carbocycles. The number of aryl methyl sites for hydroxylation is 2. The highest BCUT2D eigenvalue weighted by Gasteiger charge is 2.46. The van der Waals surface area contributed by atoms with Gasteiger partial charge in [-0.2, -0.15) is 0 Å². The van der Waals surface area contributed by atoms with E-state index >= 15 is 0 Å². The molecule has 2 aromatic heterocycles. The lowest BCUT2D eigenvalue weighted by Crippen LogP contribution is -2.49. The number of rotatable bonds is 17. The van der Waals surface area contributed by atoms with E-state index in [2.05, 4.69) is 34.8 Å². The predicted octanol–water partition coefficient (Wildman–Crippen LogP) is 2.58. The minimum Gasteiger partial charge on any atom is -0.461 e. The lowest BCUT2D eigenvalue weighted by molar-refractivity contribution is -0.172. The van der Waals surface area contributed by atoms with Crippen molar-refractivity contribution < 1.29 is 48.1 Å². The van der Waals surface area contributed by atoms with Crippen LogP contribution in [0.1, 0.15) is 110 Å². The molecule has 1 fully saturated rings. The molecule has 0 radical (unpaired) electrons. The van der Waals surface area contributed by atoms with Crippen molar-refractivity contribution in [2.24, 2.45) is 5.92 Å². The van der Waals surface area contributed by atoms with Gasteiger partial charge < -0.3 is 45.2 Å². The minimum atomic E-state index is -1.95. The highest BCUT2D eigenvalue weighted by Crippen LogP contribution is 2.46. The number of aliphatic hydroxyl groups is 1. The topological polar surface area (TPSA) is 233 Å². The number of esters is 2. The molecule has 7 rings (SSSR count). The molecule has 3 aromatic rings. The number of carbonyl (C=O) groups is 6. The van der Waals surface area contributed by atoms with Gasteiger partial charge in [-0.3, -0.25) is 28.8 Å². The Balaban J connectivity index is 0.969. The first-order valence-electron chi connectivity index (χ1n) is 21.3. The number of amides is 4. The van der Waals surface area contributed by atoms with Crippen molar-refractivity contribution in [2.75, 3.05) is 19.9 Å². The molecule has 4 aliphatic rings. The Morgan fingerprint density at radius 2 is 1.84 bits per heavy atom. The first-order chi connectivity index (χ1) is 29.7. The molecule has 330 valence electrons. The van der Waals surface area contributed by atoms with E-state index in [9.17, 15) is 38.7 Å². The minimum absolute atomic E-state index is 0.0106. The molecule has 0 saturated heterocycles. The highest BCUT2D eigenvalue weighted by atomic mass is 16.6. The number of cyclic esters (lactones) is 1. The molecular formula is C45H54N6O11. The van der Waals surface area contributed by atoms with E-state index in [1.807, 2.05) is 19.9 Å². The summed E-state index contributed by atoms with van der Waals surface area (Å²) < 4.78 is 17.6. The average Bonchev–Trinajstić information content (AvgIpc) is 3.60. The quantitative estimate of drug-likeness (QED) is 0.0586. The smallest absolute Gasteiger partial charge is 0.343 e. The van der Waals surface area contributed by atoms with Crippen LogP contribution < -0.4 is 26.8 Å². The fourth-order valence-corrected chi connectivity index (χ4v) is 8.92. The Morgan fingerprint density at radius 1 is 1.06 bits per heavy atom. The zero-order valence-electron chi connectivity index (χ0n) is 35.6. The van der Waals surface area contributed by atoms with Gasteiger partial charge in [0.2, 0.25) is 23.6 Å². The molecule has 62 heavy (non-hydrogen) atoms. The number of fused-ring (bicyclic) bond motifs is 5. The van der Waals surface area contributed by atoms with Crippen LogP contribution in [0.3, 0.4) is 0 Å². The summed E-state index contributed by atoms with van der Waals surface area (Å²) >= 11 is 0. The van der Waals surface area contributed by atoms with Gasteiger partial charge in [0.25, 0.3) is 5.56 Å². The van der Waals surface area contributed by atoms with Gasteiger partial charge >= 0.3 is 11.9 Å². The second-order valence-electron chi connectivity index (χ2n) is 16.5. The number of aromatic nitrogens is 2. The lowest BCUT2D eigenvalue weighted by Gasteiger charge is -2.36. The summed E-state index contributed by atoms with van der Waals surface area (Å²) in [5, 5.41) is 23.4. The van der Waals surface area contributed by atoms with E-state index in [0.29, 0.717) is 37.1 Å². The number of ether oxygens (including phenoxy) is 3. The normalized spacial score (nSPS) is 21.0. The maximum Gasteiger partial charge on any atom is 0.343 e. The van der Waals surface area contributed by atoms with Crippen LogP contribution in [0.2, 0.25) is 0 Å². The third kappa shape index (κ3) is 8.47. The number of nitrogens with one attached hydrogen (secondary N) is 4. The molecule has 17 heteroatoms. The van der Waals surface area contributed by atoms with Gasteiger partial charge in [0, 0.05) is 35.3 Å². The zero-order chi connectivity index (χ0) is 44.5. The van der Waals surface area contributed by atoms with Gasteiger partial charge in [-0.1, -0.05) is 26.5 Å². The van der Waals surface area contributed by atoms with E-state index in [1.54, 1.807) is 17.6 Å². The molecule has 1 unspecified atom stereocenters. The van der Waals surface area contributed by atoms with Crippen molar-refractivity contribution in [3.63, 3.8) is 0 Å². The maximum absolute atomic E-state index is 14.0. The van der Waals surface area contributed by atoms with Crippen molar-refractivity contribution in [1.82, 2.24) is 30.8 Å². The number of carbonyl (C=O) groups excluding carboxylic acids is 6. The number of benzene rings is 1. The zero-order valence-corrected chi connectivity index (χ0v) is 35.6. The molecular weight excluding hydrogens is 801 g/mol. The van der Waals surface area contributed by atoms with E-state index in [4.69, 9.17) is 19.2 Å². The van der Waals surface area contributed by atoms with Crippen LogP contribution in [0.4, 0.5) is 0 Å². The summed E-state index contributed by atoms with van der Waals surface area (Å²) in [7, 11) is 0. The van der Waals surface area contributed by atoms with Crippen LogP contribution in [0.15, 0.2) is 29.6 Å². The molecule has 4 amide bonds. The van der Waals surface area contributed by atoms with Gasteiger partial charge in [-0.15, -0.1) is 0 Å². The number of nitrogens with zero attached hydrogens (tertiary/aromatic N) is 2. The van der Waals surface area contributed by atoms with Gasteiger partial charge in [0.15, 0.2) is 5.60 Å². The predicted molar refractivity (Wildman–Crippen MR) is 224 cm³/mol. The van der Waals surface area contributed by atoms with Gasteiger partial charge in [-0.05, 0) is 93.2 Å². The van der Waals surface area contributed by atoms with Crippen LogP contribution in [0.5, 0.6) is 0 Å². The average molecular weight is 855 g/mol. The first kappa shape index (κ1) is 44.1. The fourth-order valence-electron chi connectivity index (χ4n) is 8.92. The Hall–Kier alpha value is -5.94. The molecule has 1 saturated carbocycles. The van der Waals surface area contributed by atoms with E-state index in [1.165, 1.54) is 6.08 Å². The maximum atomic E-state index is 14.0. The first-order valence-corrected chi connectivity index (χ1v) is 21.3. The second-order valence-corrected chi connectivity index (χ2v) is 16.5. The van der Waals surface area contributed by atoms with Crippen molar-refractivity contribution in [3.8, 4) is 11.4 Å². The monoisotopic (exact) mass is 854 g/mol. The molecule has 1 aromatic carbocycles. The van der Waals surface area contributed by atoms with Crippen molar-refractivity contribution in [2.45, 2.75) is 122 Å². The van der Waals surface area contributed by atoms with E-state index < -0.39 is 35.4 Å². The van der Waals surface area contributed by atoms with Crippen LogP contribution >= 0.6 is 0 Å². The van der Waals surface area contributed by atoms with Crippen LogP contribution in [-0.4, -0.2) is 82.3 Å². The van der Waals surface area contributed by atoms with E-state index in [0.717, 1.165) is 45.1 Å². The molecule has 17 nitrogen and oxygen atoms in total. The molecule has 2 aliphatic heterocycles. The van der Waals surface area contributed by atoms with Crippen molar-refractivity contribution in [3.05, 3.63) is 74.1 Å². The van der Waals surface area contributed by atoms with Crippen LogP contribution in [0, 0.1) is 19.8 Å². The third-order valence-corrected chi connectivity index (χ3v) is 12.6. The summed E-state index contributed by atoms with van der Waals surface area (Å²) in [4.78, 5) is 95.3. The largest absolute Gasteiger partial charge is 0.461 e. The number of pyridine rings is 2. The number of hydrogen-bond donors (Lipinski definition) is 5. The van der Waals surface area contributed by atoms with Gasteiger partial charge in [0.1, 0.15) is 26.0 Å². The third-order valence-electron chi connectivity index (χ3n) is 12.6. The lowest BCUT2D eigenvalue weighted by atomic mass is 9.79. The van der Waals surface area contributed by atoms with Gasteiger partial charge in [0.05, 0.1) is 47.7 Å². The standard InChI is InChI=1S/C45H54N6O11/c1-6-9-35(52)48-32(12-13-37(54)60-14-7-2)42(56)46-19-36(53)47-22-62-26-16-25(17-26)41(55)50-31-11-10-27-24(5)23(4)15-33-38(27)39(31)28-20-51-34(40(28)49-33)18-30-29(43(51)57)21-61-44(58)45(30,59)8-3/h7,15,18,25-26,31-32,59H,2,6,8-14,16-17,19-22H2,1,3-5H3,(H,46,56)(H,47,53)(H,48,52)(H,50,55)/t25?,26?,31?,32-,45-/m0/s1. The Bertz CT molecular complexity index is 2420. The summed E-state index contributed by atoms with van der Waals surface area (Å²) in [6.07, 6.45) is 4.05. The van der Waals surface area contributed by atoms with Crippen LogP contribution in [-0.2, 0) is 68.2 Å². The van der Waals surface area contributed by atoms with E-state index in [-0.39, 0.29) is 105 Å². The molecule has 3 atom stereocenters. The fraction of sp³-hybridized carbons (Fsp3) is 0.511. The summed E-state index contributed by atoms with van der Waals surface area (Å²) in [5.41, 5.74) is 5.15. The summed E-state index contributed by atoms with van der Waals surface area (Å²) in [6.45, 7) is 10.6.